The first kappa shape index (κ1) is 12.2. The topological polar surface area (TPSA) is 37.4 Å². The number of carbonyl (C=O) groups excluding carboxylic acids is 2. The molecule has 0 saturated carbocycles. The first-order valence-corrected chi connectivity index (χ1v) is 6.89. The second-order valence-corrected chi connectivity index (χ2v) is 4.92. The van der Waals surface area contributed by atoms with Crippen molar-refractivity contribution in [1.29, 1.82) is 0 Å². The number of amides is 1. The summed E-state index contributed by atoms with van der Waals surface area (Å²) in [6, 6.07) is 7.54. The van der Waals surface area contributed by atoms with Crippen molar-refractivity contribution in [2.45, 2.75) is 17.7 Å². The van der Waals surface area contributed by atoms with Gasteiger partial charge < -0.3 is 4.90 Å². The molecule has 1 saturated heterocycles. The molecule has 0 unspecified atom stereocenters. The van der Waals surface area contributed by atoms with Crippen molar-refractivity contribution < 1.29 is 9.59 Å². The van der Waals surface area contributed by atoms with Crippen LogP contribution >= 0.6 is 11.8 Å². The number of piperidine rings is 1. The Morgan fingerprint density at radius 1 is 1.35 bits per heavy atom. The highest BCUT2D eigenvalue weighted by molar-refractivity contribution is 7.98. The molecular weight excluding hydrogens is 234 g/mol. The van der Waals surface area contributed by atoms with Gasteiger partial charge >= 0.3 is 0 Å². The Labute approximate surface area is 105 Å². The van der Waals surface area contributed by atoms with Crippen LogP contribution in [0, 0.1) is 0 Å². The van der Waals surface area contributed by atoms with Crippen LogP contribution in [-0.2, 0) is 4.79 Å². The van der Waals surface area contributed by atoms with Gasteiger partial charge in [0.2, 0.25) is 0 Å². The van der Waals surface area contributed by atoms with Crippen molar-refractivity contribution in [3.8, 4) is 0 Å². The molecule has 0 N–H and O–H groups in total. The van der Waals surface area contributed by atoms with E-state index in [1.165, 1.54) is 0 Å². The van der Waals surface area contributed by atoms with Crippen molar-refractivity contribution in [3.05, 3.63) is 29.8 Å². The zero-order valence-electron chi connectivity index (χ0n) is 9.81. The van der Waals surface area contributed by atoms with Gasteiger partial charge in [0.25, 0.3) is 5.91 Å². The lowest BCUT2D eigenvalue weighted by Gasteiger charge is -2.26. The minimum atomic E-state index is -0.0250. The van der Waals surface area contributed by atoms with Crippen LogP contribution in [0.4, 0.5) is 0 Å². The Bertz CT molecular complexity index is 445. The minimum absolute atomic E-state index is 0.0250. The smallest absolute Gasteiger partial charge is 0.255 e. The summed E-state index contributed by atoms with van der Waals surface area (Å²) in [5.41, 5.74) is 0.703. The SMILES string of the molecule is CSc1ccccc1C(=O)N1CCCC(=O)C1. The van der Waals surface area contributed by atoms with E-state index >= 15 is 0 Å². The predicted molar refractivity (Wildman–Crippen MR) is 68.4 cm³/mol. The summed E-state index contributed by atoms with van der Waals surface area (Å²) >= 11 is 1.56. The van der Waals surface area contributed by atoms with Gasteiger partial charge in [-0.2, -0.15) is 0 Å². The van der Waals surface area contributed by atoms with Crippen LogP contribution in [0.1, 0.15) is 23.2 Å². The zero-order valence-corrected chi connectivity index (χ0v) is 10.6. The molecule has 0 bridgehead atoms. The Hall–Kier alpha value is -1.29. The molecule has 2 rings (SSSR count). The van der Waals surface area contributed by atoms with Gasteiger partial charge in [0, 0.05) is 17.9 Å². The number of likely N-dealkylation sites (tertiary alicyclic amines) is 1. The highest BCUT2D eigenvalue weighted by atomic mass is 32.2. The van der Waals surface area contributed by atoms with Crippen LogP contribution in [0.15, 0.2) is 29.2 Å². The van der Waals surface area contributed by atoms with Crippen molar-refractivity contribution in [1.82, 2.24) is 4.90 Å². The standard InChI is InChI=1S/C13H15NO2S/c1-17-12-7-3-2-6-11(12)13(16)14-8-4-5-10(15)9-14/h2-3,6-7H,4-5,8-9H2,1H3. The molecule has 1 heterocycles. The molecule has 0 aromatic heterocycles. The number of thioether (sulfide) groups is 1. The van der Waals surface area contributed by atoms with E-state index in [1.54, 1.807) is 16.7 Å². The highest BCUT2D eigenvalue weighted by Crippen LogP contribution is 2.22. The number of ketones is 1. The lowest BCUT2D eigenvalue weighted by molar-refractivity contribution is -0.121. The van der Waals surface area contributed by atoms with Gasteiger partial charge in [-0.15, -0.1) is 11.8 Å². The van der Waals surface area contributed by atoms with Crippen LogP contribution in [0.2, 0.25) is 0 Å². The van der Waals surface area contributed by atoms with Crippen LogP contribution in [0.5, 0.6) is 0 Å². The molecule has 0 aliphatic carbocycles. The fraction of sp³-hybridized carbons (Fsp3) is 0.385. The fourth-order valence-corrected chi connectivity index (χ4v) is 2.59. The average molecular weight is 249 g/mol. The Morgan fingerprint density at radius 3 is 2.82 bits per heavy atom. The molecule has 1 aromatic carbocycles. The van der Waals surface area contributed by atoms with Gasteiger partial charge in [0.15, 0.2) is 5.78 Å². The van der Waals surface area contributed by atoms with E-state index in [4.69, 9.17) is 0 Å². The zero-order chi connectivity index (χ0) is 12.3. The van der Waals surface area contributed by atoms with Gasteiger partial charge in [-0.05, 0) is 24.8 Å². The summed E-state index contributed by atoms with van der Waals surface area (Å²) in [6.07, 6.45) is 3.34. The van der Waals surface area contributed by atoms with Gasteiger partial charge in [-0.1, -0.05) is 12.1 Å². The molecule has 0 radical (unpaired) electrons. The molecule has 4 heteroatoms. The maximum Gasteiger partial charge on any atom is 0.255 e. The maximum atomic E-state index is 12.3. The second-order valence-electron chi connectivity index (χ2n) is 4.07. The summed E-state index contributed by atoms with van der Waals surface area (Å²) in [7, 11) is 0. The minimum Gasteiger partial charge on any atom is -0.331 e. The van der Waals surface area contributed by atoms with E-state index < -0.39 is 0 Å². The molecule has 17 heavy (non-hydrogen) atoms. The lowest BCUT2D eigenvalue weighted by Crippen LogP contribution is -2.40. The molecule has 1 aromatic rings. The quantitative estimate of drug-likeness (QED) is 0.754. The Kier molecular flexibility index (Phi) is 3.84. The maximum absolute atomic E-state index is 12.3. The molecule has 3 nitrogen and oxygen atoms in total. The molecule has 1 aliphatic heterocycles. The predicted octanol–water partition coefficient (Wildman–Crippen LogP) is 2.21. The third-order valence-corrected chi connectivity index (χ3v) is 3.67. The third kappa shape index (κ3) is 2.69. The van der Waals surface area contributed by atoms with Crippen LogP contribution in [0.3, 0.4) is 0 Å². The fourth-order valence-electron chi connectivity index (χ4n) is 2.00. The van der Waals surface area contributed by atoms with Gasteiger partial charge in [0.1, 0.15) is 0 Å². The first-order chi connectivity index (χ1) is 8.22. The molecule has 1 aliphatic rings. The second kappa shape index (κ2) is 5.36. The van der Waals surface area contributed by atoms with Crippen molar-refractivity contribution >= 4 is 23.5 Å². The highest BCUT2D eigenvalue weighted by Gasteiger charge is 2.23. The molecule has 0 spiro atoms. The van der Waals surface area contributed by atoms with E-state index in [0.717, 1.165) is 11.3 Å². The average Bonchev–Trinajstić information content (AvgIpc) is 2.38. The number of nitrogens with zero attached hydrogens (tertiary/aromatic N) is 1. The van der Waals surface area contributed by atoms with Gasteiger partial charge in [-0.25, -0.2) is 0 Å². The Morgan fingerprint density at radius 2 is 2.12 bits per heavy atom. The number of Topliss-reactive ketones (excluding diaryl/α,β-unsaturated/α-hetero) is 1. The first-order valence-electron chi connectivity index (χ1n) is 5.66. The van der Waals surface area contributed by atoms with Crippen molar-refractivity contribution in [2.24, 2.45) is 0 Å². The van der Waals surface area contributed by atoms with Crippen LogP contribution in [0.25, 0.3) is 0 Å². The molecule has 90 valence electrons. The van der Waals surface area contributed by atoms with E-state index in [9.17, 15) is 9.59 Å². The Balaban J connectivity index is 2.21. The number of hydrogen-bond donors (Lipinski definition) is 0. The van der Waals surface area contributed by atoms with Crippen LogP contribution < -0.4 is 0 Å². The van der Waals surface area contributed by atoms with Crippen molar-refractivity contribution in [3.63, 3.8) is 0 Å². The van der Waals surface area contributed by atoms with Crippen molar-refractivity contribution in [2.75, 3.05) is 19.3 Å². The summed E-state index contributed by atoms with van der Waals surface area (Å²) in [5, 5.41) is 0. The normalized spacial score (nSPS) is 16.1. The number of hydrogen-bond acceptors (Lipinski definition) is 3. The van der Waals surface area contributed by atoms with Gasteiger partial charge in [0.05, 0.1) is 12.1 Å². The monoisotopic (exact) mass is 249 g/mol. The van der Waals surface area contributed by atoms with E-state index in [1.807, 2.05) is 30.5 Å². The summed E-state index contributed by atoms with van der Waals surface area (Å²) in [4.78, 5) is 26.3. The molecule has 0 atom stereocenters. The molecule has 1 amide bonds. The van der Waals surface area contributed by atoms with Gasteiger partial charge in [-0.3, -0.25) is 9.59 Å². The molecule has 1 fully saturated rings. The molecular formula is C13H15NO2S. The summed E-state index contributed by atoms with van der Waals surface area (Å²) < 4.78 is 0. The van der Waals surface area contributed by atoms with Crippen LogP contribution in [-0.4, -0.2) is 35.9 Å². The largest absolute Gasteiger partial charge is 0.331 e. The number of benzene rings is 1. The lowest BCUT2D eigenvalue weighted by atomic mass is 10.1. The summed E-state index contributed by atoms with van der Waals surface area (Å²) in [5.74, 6) is 0.134. The third-order valence-electron chi connectivity index (χ3n) is 2.88. The van der Waals surface area contributed by atoms with E-state index in [-0.39, 0.29) is 18.2 Å². The summed E-state index contributed by atoms with van der Waals surface area (Å²) in [6.45, 7) is 0.953. The van der Waals surface area contributed by atoms with E-state index in [2.05, 4.69) is 0 Å². The number of rotatable bonds is 2. The van der Waals surface area contributed by atoms with E-state index in [0.29, 0.717) is 18.5 Å². The number of carbonyl (C=O) groups is 2.